The van der Waals surface area contributed by atoms with E-state index in [1.54, 1.807) is 36.7 Å². The Balaban J connectivity index is 1.91. The second kappa shape index (κ2) is 8.78. The number of aliphatic hydroxyl groups excluding tert-OH is 1. The maximum Gasteiger partial charge on any atom is 0.295 e. The Bertz CT molecular complexity index is 1270. The van der Waals surface area contributed by atoms with Gasteiger partial charge in [0, 0.05) is 24.5 Å². The summed E-state index contributed by atoms with van der Waals surface area (Å²) in [5.74, 6) is -1.54. The van der Waals surface area contributed by atoms with Crippen molar-refractivity contribution in [2.75, 3.05) is 0 Å². The molecule has 1 atom stereocenters. The van der Waals surface area contributed by atoms with Crippen LogP contribution in [0.5, 0.6) is 5.75 Å². The van der Waals surface area contributed by atoms with Crippen molar-refractivity contribution in [3.63, 3.8) is 0 Å². The number of pyridine rings is 1. The van der Waals surface area contributed by atoms with Gasteiger partial charge in [-0.05, 0) is 64.9 Å². The van der Waals surface area contributed by atoms with Crippen LogP contribution in [0.4, 0.5) is 0 Å². The van der Waals surface area contributed by atoms with Gasteiger partial charge >= 0.3 is 0 Å². The van der Waals surface area contributed by atoms with Gasteiger partial charge in [-0.25, -0.2) is 0 Å². The molecule has 1 aromatic heterocycles. The summed E-state index contributed by atoms with van der Waals surface area (Å²) in [5, 5.41) is 21.3. The fraction of sp³-hybridized carbons (Fsp3) is 0.250. The van der Waals surface area contributed by atoms with Crippen molar-refractivity contribution >= 4 is 17.4 Å². The van der Waals surface area contributed by atoms with Gasteiger partial charge in [0.25, 0.3) is 11.7 Å². The third-order valence-corrected chi connectivity index (χ3v) is 6.21. The molecule has 0 radical (unpaired) electrons. The molecule has 1 aliphatic rings. The SMILES string of the molecule is Cc1ccc(C(C)(C)C)cc1/C(O)=C1\C(=O)C(=O)N(Cc2ccncc2)C1c1ccc(O)cc1. The van der Waals surface area contributed by atoms with E-state index in [9.17, 15) is 19.8 Å². The minimum Gasteiger partial charge on any atom is -0.508 e. The van der Waals surface area contributed by atoms with Crippen LogP contribution >= 0.6 is 0 Å². The molecule has 4 rings (SSSR count). The quantitative estimate of drug-likeness (QED) is 0.327. The van der Waals surface area contributed by atoms with E-state index in [0.29, 0.717) is 11.1 Å². The number of carbonyl (C=O) groups excluding carboxylic acids is 2. The monoisotopic (exact) mass is 456 g/mol. The third kappa shape index (κ3) is 4.31. The van der Waals surface area contributed by atoms with Crippen molar-refractivity contribution in [3.05, 3.63) is 100 Å². The molecule has 1 aliphatic heterocycles. The number of carbonyl (C=O) groups is 2. The largest absolute Gasteiger partial charge is 0.508 e. The number of phenolic OH excluding ortho intramolecular Hbond substituents is 1. The highest BCUT2D eigenvalue weighted by molar-refractivity contribution is 6.46. The van der Waals surface area contributed by atoms with Crippen LogP contribution in [0.1, 0.15) is 54.6 Å². The van der Waals surface area contributed by atoms with Gasteiger partial charge in [-0.15, -0.1) is 0 Å². The number of amides is 1. The molecule has 34 heavy (non-hydrogen) atoms. The number of Topliss-reactive ketones (excluding diaryl/α,β-unsaturated/α-hetero) is 1. The van der Waals surface area contributed by atoms with E-state index in [2.05, 4.69) is 25.8 Å². The van der Waals surface area contributed by atoms with Crippen LogP contribution in [0.25, 0.3) is 5.76 Å². The Kier molecular flexibility index (Phi) is 6.00. The smallest absolute Gasteiger partial charge is 0.295 e. The molecule has 2 aromatic carbocycles. The zero-order valence-electron chi connectivity index (χ0n) is 19.7. The molecule has 6 nitrogen and oxygen atoms in total. The van der Waals surface area contributed by atoms with Gasteiger partial charge in [-0.2, -0.15) is 0 Å². The summed E-state index contributed by atoms with van der Waals surface area (Å²) in [5.41, 5.74) is 3.65. The molecule has 0 spiro atoms. The summed E-state index contributed by atoms with van der Waals surface area (Å²) in [6.45, 7) is 8.27. The first-order valence-electron chi connectivity index (χ1n) is 11.2. The number of aromatic nitrogens is 1. The topological polar surface area (TPSA) is 90.7 Å². The molecule has 0 bridgehead atoms. The Hall–Kier alpha value is -3.93. The molecule has 1 unspecified atom stereocenters. The molecule has 0 saturated carbocycles. The van der Waals surface area contributed by atoms with E-state index < -0.39 is 17.7 Å². The highest BCUT2D eigenvalue weighted by atomic mass is 16.3. The summed E-state index contributed by atoms with van der Waals surface area (Å²) in [7, 11) is 0. The number of aromatic hydroxyl groups is 1. The lowest BCUT2D eigenvalue weighted by atomic mass is 9.84. The number of phenols is 1. The van der Waals surface area contributed by atoms with E-state index in [1.165, 1.54) is 17.0 Å². The average molecular weight is 457 g/mol. The minimum absolute atomic E-state index is 0.0407. The lowest BCUT2D eigenvalue weighted by molar-refractivity contribution is -0.140. The summed E-state index contributed by atoms with van der Waals surface area (Å²) in [6, 6.07) is 14.9. The van der Waals surface area contributed by atoms with E-state index >= 15 is 0 Å². The van der Waals surface area contributed by atoms with E-state index in [0.717, 1.165) is 16.7 Å². The number of aliphatic hydroxyl groups is 1. The maximum atomic E-state index is 13.3. The molecule has 1 amide bonds. The van der Waals surface area contributed by atoms with Crippen LogP contribution in [0.2, 0.25) is 0 Å². The number of ketones is 1. The molecule has 1 fully saturated rings. The van der Waals surface area contributed by atoms with Gasteiger partial charge in [0.1, 0.15) is 11.5 Å². The minimum atomic E-state index is -0.800. The van der Waals surface area contributed by atoms with E-state index in [-0.39, 0.29) is 29.0 Å². The second-order valence-electron chi connectivity index (χ2n) is 9.65. The Morgan fingerprint density at radius 2 is 1.65 bits per heavy atom. The van der Waals surface area contributed by atoms with E-state index in [1.807, 2.05) is 25.1 Å². The summed E-state index contributed by atoms with van der Waals surface area (Å²) >= 11 is 0. The van der Waals surface area contributed by atoms with Crippen molar-refractivity contribution in [1.29, 1.82) is 0 Å². The average Bonchev–Trinajstić information content (AvgIpc) is 3.04. The summed E-state index contributed by atoms with van der Waals surface area (Å²) < 4.78 is 0. The number of rotatable bonds is 4. The normalized spacial score (nSPS) is 17.9. The highest BCUT2D eigenvalue weighted by Crippen LogP contribution is 2.41. The predicted molar refractivity (Wildman–Crippen MR) is 130 cm³/mol. The van der Waals surface area contributed by atoms with Crippen molar-refractivity contribution < 1.29 is 19.8 Å². The fourth-order valence-electron chi connectivity index (χ4n) is 4.22. The van der Waals surface area contributed by atoms with Gasteiger partial charge in [-0.3, -0.25) is 14.6 Å². The number of benzene rings is 2. The van der Waals surface area contributed by atoms with Gasteiger partial charge in [0.15, 0.2) is 0 Å². The Morgan fingerprint density at radius 3 is 2.26 bits per heavy atom. The Morgan fingerprint density at radius 1 is 1.00 bits per heavy atom. The first kappa shape index (κ1) is 23.2. The zero-order chi connectivity index (χ0) is 24.6. The van der Waals surface area contributed by atoms with Crippen LogP contribution < -0.4 is 0 Å². The fourth-order valence-corrected chi connectivity index (χ4v) is 4.22. The number of likely N-dealkylation sites (tertiary alicyclic amines) is 1. The predicted octanol–water partition coefficient (Wildman–Crippen LogP) is 5.02. The first-order valence-corrected chi connectivity index (χ1v) is 11.2. The molecule has 2 N–H and O–H groups in total. The third-order valence-electron chi connectivity index (χ3n) is 6.21. The molecule has 174 valence electrons. The summed E-state index contributed by atoms with van der Waals surface area (Å²) in [6.07, 6.45) is 3.26. The lowest BCUT2D eigenvalue weighted by Gasteiger charge is -2.26. The molecule has 6 heteroatoms. The number of nitrogens with zero attached hydrogens (tertiary/aromatic N) is 2. The van der Waals surface area contributed by atoms with Crippen molar-refractivity contribution in [3.8, 4) is 5.75 Å². The molecule has 0 aliphatic carbocycles. The number of hydrogen-bond acceptors (Lipinski definition) is 5. The molecular weight excluding hydrogens is 428 g/mol. The maximum absolute atomic E-state index is 13.3. The van der Waals surface area contributed by atoms with Crippen LogP contribution in [-0.4, -0.2) is 31.8 Å². The van der Waals surface area contributed by atoms with Crippen molar-refractivity contribution in [2.24, 2.45) is 0 Å². The standard InChI is InChI=1S/C28H28N2O4/c1-17-5-8-20(28(2,3)4)15-22(17)25(32)23-24(19-6-9-21(31)10-7-19)30(27(34)26(23)33)16-18-11-13-29-14-12-18/h5-15,24,31-32H,16H2,1-4H3/b25-23+. The van der Waals surface area contributed by atoms with Gasteiger partial charge < -0.3 is 15.1 Å². The molecule has 2 heterocycles. The van der Waals surface area contributed by atoms with Gasteiger partial charge in [0.05, 0.1) is 11.6 Å². The lowest BCUT2D eigenvalue weighted by Crippen LogP contribution is -2.29. The van der Waals surface area contributed by atoms with Crippen molar-refractivity contribution in [1.82, 2.24) is 9.88 Å². The van der Waals surface area contributed by atoms with Gasteiger partial charge in [-0.1, -0.05) is 45.0 Å². The number of hydrogen-bond donors (Lipinski definition) is 2. The zero-order valence-corrected chi connectivity index (χ0v) is 19.7. The van der Waals surface area contributed by atoms with Crippen LogP contribution in [0.15, 0.2) is 72.6 Å². The van der Waals surface area contributed by atoms with E-state index in [4.69, 9.17) is 0 Å². The summed E-state index contributed by atoms with van der Waals surface area (Å²) in [4.78, 5) is 31.9. The molecule has 1 saturated heterocycles. The molecule has 3 aromatic rings. The second-order valence-corrected chi connectivity index (χ2v) is 9.65. The highest BCUT2D eigenvalue weighted by Gasteiger charge is 2.46. The molecular formula is C28H28N2O4. The first-order chi connectivity index (χ1) is 16.1. The van der Waals surface area contributed by atoms with Crippen molar-refractivity contribution in [2.45, 2.75) is 45.7 Å². The van der Waals surface area contributed by atoms with Gasteiger partial charge in [0.2, 0.25) is 0 Å². The van der Waals surface area contributed by atoms with Crippen LogP contribution in [0.3, 0.4) is 0 Å². The van der Waals surface area contributed by atoms with Crippen LogP contribution in [0, 0.1) is 6.92 Å². The Labute approximate surface area is 199 Å². The number of aryl methyl sites for hydroxylation is 1. The van der Waals surface area contributed by atoms with Crippen LogP contribution in [-0.2, 0) is 21.5 Å².